The Morgan fingerprint density at radius 3 is 2.59 bits per heavy atom. The van der Waals surface area contributed by atoms with Crippen LogP contribution in [0.2, 0.25) is 0 Å². The molecule has 0 heterocycles. The maximum Gasteiger partial charge on any atom is 0.265 e. The number of carbonyl (C=O) groups is 2. The fourth-order valence-corrected chi connectivity index (χ4v) is 2.67. The van der Waals surface area contributed by atoms with Gasteiger partial charge in [0.15, 0.2) is 6.10 Å². The average molecular weight is 366 g/mol. The second-order valence-corrected chi connectivity index (χ2v) is 6.32. The molecule has 0 spiro atoms. The van der Waals surface area contributed by atoms with Gasteiger partial charge in [-0.25, -0.2) is 0 Å². The molecule has 2 rings (SSSR count). The first-order valence-electron chi connectivity index (χ1n) is 8.99. The van der Waals surface area contributed by atoms with E-state index in [1.165, 1.54) is 0 Å². The molecule has 2 aromatic carbocycles. The number of aryl methyl sites for hydroxylation is 2. The number of amides is 2. The highest BCUT2D eigenvalue weighted by atomic mass is 16.5. The van der Waals surface area contributed by atoms with Crippen LogP contribution in [0.4, 0.5) is 5.69 Å². The lowest BCUT2D eigenvalue weighted by Gasteiger charge is -2.19. The second-order valence-electron chi connectivity index (χ2n) is 6.32. The summed E-state index contributed by atoms with van der Waals surface area (Å²) in [7, 11) is 0. The van der Waals surface area contributed by atoms with Gasteiger partial charge in [0, 0.05) is 6.54 Å². The highest BCUT2D eigenvalue weighted by Gasteiger charge is 2.21. The van der Waals surface area contributed by atoms with Crippen molar-refractivity contribution in [2.75, 3.05) is 11.9 Å². The number of hydrogen-bond donors (Lipinski definition) is 2. The van der Waals surface area contributed by atoms with E-state index in [0.29, 0.717) is 30.0 Å². The first-order chi connectivity index (χ1) is 13.0. The molecule has 5 nitrogen and oxygen atoms in total. The van der Waals surface area contributed by atoms with Crippen molar-refractivity contribution in [3.8, 4) is 5.75 Å². The van der Waals surface area contributed by atoms with Gasteiger partial charge >= 0.3 is 0 Å². The highest BCUT2D eigenvalue weighted by molar-refractivity contribution is 6.04. The molecule has 0 saturated heterocycles. The molecule has 0 aliphatic rings. The smallest absolute Gasteiger partial charge is 0.265 e. The van der Waals surface area contributed by atoms with E-state index in [2.05, 4.69) is 17.2 Å². The summed E-state index contributed by atoms with van der Waals surface area (Å²) in [6.45, 7) is 9.78. The quantitative estimate of drug-likeness (QED) is 0.694. The molecule has 0 bridgehead atoms. The standard InChI is InChI=1S/C22H26N2O3/c1-5-13-23-21(25)17-9-7-8-10-18(17)24-22(26)19(6-2)27-20-12-11-15(3)14-16(20)4/h5,7-12,14,19H,1,6,13H2,2-4H3,(H,23,25)(H,24,26)/t19-/m1/s1. The zero-order valence-corrected chi connectivity index (χ0v) is 16.0. The minimum Gasteiger partial charge on any atom is -0.480 e. The van der Waals surface area contributed by atoms with Crippen LogP contribution in [0.25, 0.3) is 0 Å². The van der Waals surface area contributed by atoms with Crippen LogP contribution in [0.3, 0.4) is 0 Å². The third-order valence-corrected chi connectivity index (χ3v) is 4.10. The van der Waals surface area contributed by atoms with Gasteiger partial charge in [-0.15, -0.1) is 6.58 Å². The summed E-state index contributed by atoms with van der Waals surface area (Å²) in [5.41, 5.74) is 2.96. The molecule has 0 fully saturated rings. The number of hydrogen-bond acceptors (Lipinski definition) is 3. The summed E-state index contributed by atoms with van der Waals surface area (Å²) in [4.78, 5) is 25.0. The predicted molar refractivity (Wildman–Crippen MR) is 108 cm³/mol. The van der Waals surface area contributed by atoms with E-state index in [4.69, 9.17) is 4.74 Å². The molecule has 0 saturated carbocycles. The molecule has 2 amide bonds. The van der Waals surface area contributed by atoms with Gasteiger partial charge in [-0.3, -0.25) is 9.59 Å². The maximum absolute atomic E-state index is 12.7. The number of nitrogens with one attached hydrogen (secondary N) is 2. The van der Waals surface area contributed by atoms with Crippen molar-refractivity contribution < 1.29 is 14.3 Å². The number of carbonyl (C=O) groups excluding carboxylic acids is 2. The van der Waals surface area contributed by atoms with Crippen molar-refractivity contribution in [1.82, 2.24) is 5.32 Å². The Labute approximate surface area is 160 Å². The number of para-hydroxylation sites is 1. The molecule has 27 heavy (non-hydrogen) atoms. The van der Waals surface area contributed by atoms with Gasteiger partial charge < -0.3 is 15.4 Å². The van der Waals surface area contributed by atoms with Gasteiger partial charge in [0.05, 0.1) is 11.3 Å². The summed E-state index contributed by atoms with van der Waals surface area (Å²) in [5, 5.41) is 5.54. The summed E-state index contributed by atoms with van der Waals surface area (Å²) < 4.78 is 5.92. The van der Waals surface area contributed by atoms with Crippen molar-refractivity contribution in [1.29, 1.82) is 0 Å². The lowest BCUT2D eigenvalue weighted by molar-refractivity contribution is -0.122. The summed E-state index contributed by atoms with van der Waals surface area (Å²) >= 11 is 0. The van der Waals surface area contributed by atoms with Crippen LogP contribution < -0.4 is 15.4 Å². The molecule has 0 radical (unpaired) electrons. The summed E-state index contributed by atoms with van der Waals surface area (Å²) in [5.74, 6) is 0.121. The van der Waals surface area contributed by atoms with E-state index < -0.39 is 6.10 Å². The van der Waals surface area contributed by atoms with Gasteiger partial charge in [0.25, 0.3) is 11.8 Å². The molecular weight excluding hydrogens is 340 g/mol. The highest BCUT2D eigenvalue weighted by Crippen LogP contribution is 2.22. The van der Waals surface area contributed by atoms with E-state index >= 15 is 0 Å². The van der Waals surface area contributed by atoms with Crippen LogP contribution in [0, 0.1) is 13.8 Å². The molecule has 0 aliphatic carbocycles. The monoisotopic (exact) mass is 366 g/mol. The molecule has 0 unspecified atom stereocenters. The zero-order valence-electron chi connectivity index (χ0n) is 16.0. The molecule has 0 aromatic heterocycles. The van der Waals surface area contributed by atoms with Crippen molar-refractivity contribution in [3.05, 3.63) is 71.8 Å². The normalized spacial score (nSPS) is 11.4. The first kappa shape index (κ1) is 20.2. The van der Waals surface area contributed by atoms with Crippen molar-refractivity contribution in [2.45, 2.75) is 33.3 Å². The fourth-order valence-electron chi connectivity index (χ4n) is 2.67. The molecule has 2 aromatic rings. The van der Waals surface area contributed by atoms with E-state index in [1.54, 1.807) is 30.3 Å². The van der Waals surface area contributed by atoms with Gasteiger partial charge in [-0.2, -0.15) is 0 Å². The van der Waals surface area contributed by atoms with Crippen molar-refractivity contribution in [2.24, 2.45) is 0 Å². The Morgan fingerprint density at radius 1 is 1.19 bits per heavy atom. The Bertz CT molecular complexity index is 830. The Balaban J connectivity index is 2.15. The third kappa shape index (κ3) is 5.45. The zero-order chi connectivity index (χ0) is 19.8. The predicted octanol–water partition coefficient (Wildman–Crippen LogP) is 4.02. The third-order valence-electron chi connectivity index (χ3n) is 4.10. The molecule has 0 aliphatic heterocycles. The SMILES string of the molecule is C=CCNC(=O)c1ccccc1NC(=O)[C@@H](CC)Oc1ccc(C)cc1C. The lowest BCUT2D eigenvalue weighted by atomic mass is 10.1. The lowest BCUT2D eigenvalue weighted by Crippen LogP contribution is -2.33. The van der Waals surface area contributed by atoms with E-state index in [1.807, 2.05) is 39.0 Å². The van der Waals surface area contributed by atoms with Crippen molar-refractivity contribution >= 4 is 17.5 Å². The second kappa shape index (κ2) is 9.57. The summed E-state index contributed by atoms with van der Waals surface area (Å²) in [6.07, 6.45) is 1.45. The average Bonchev–Trinajstić information content (AvgIpc) is 2.65. The first-order valence-corrected chi connectivity index (χ1v) is 8.99. The number of ether oxygens (including phenoxy) is 1. The molecule has 5 heteroatoms. The van der Waals surface area contributed by atoms with Gasteiger partial charge in [-0.1, -0.05) is 42.8 Å². The van der Waals surface area contributed by atoms with Crippen LogP contribution >= 0.6 is 0 Å². The maximum atomic E-state index is 12.7. The minimum absolute atomic E-state index is 0.269. The molecule has 2 N–H and O–H groups in total. The fraction of sp³-hybridized carbons (Fsp3) is 0.273. The number of anilines is 1. The topological polar surface area (TPSA) is 67.4 Å². The summed E-state index contributed by atoms with van der Waals surface area (Å²) in [6, 6.07) is 12.7. The van der Waals surface area contributed by atoms with Crippen LogP contribution in [0.5, 0.6) is 5.75 Å². The van der Waals surface area contributed by atoms with Crippen molar-refractivity contribution in [3.63, 3.8) is 0 Å². The van der Waals surface area contributed by atoms with Gasteiger partial charge in [0.2, 0.25) is 0 Å². The van der Waals surface area contributed by atoms with Gasteiger partial charge in [-0.05, 0) is 44.0 Å². The Morgan fingerprint density at radius 2 is 1.93 bits per heavy atom. The van der Waals surface area contributed by atoms with Crippen LogP contribution in [-0.4, -0.2) is 24.5 Å². The number of benzene rings is 2. The van der Waals surface area contributed by atoms with Crippen LogP contribution in [-0.2, 0) is 4.79 Å². The van der Waals surface area contributed by atoms with Crippen LogP contribution in [0.15, 0.2) is 55.1 Å². The largest absolute Gasteiger partial charge is 0.480 e. The van der Waals surface area contributed by atoms with Gasteiger partial charge in [0.1, 0.15) is 5.75 Å². The molecule has 142 valence electrons. The minimum atomic E-state index is -0.657. The van der Waals surface area contributed by atoms with E-state index in [9.17, 15) is 9.59 Å². The van der Waals surface area contributed by atoms with E-state index in [-0.39, 0.29) is 11.8 Å². The van der Waals surface area contributed by atoms with E-state index in [0.717, 1.165) is 11.1 Å². The Hall–Kier alpha value is -3.08. The molecule has 1 atom stereocenters. The number of rotatable bonds is 8. The van der Waals surface area contributed by atoms with Crippen LogP contribution in [0.1, 0.15) is 34.8 Å². The Kier molecular flexibility index (Phi) is 7.17. The molecular formula is C22H26N2O3.